The zero-order valence-corrected chi connectivity index (χ0v) is 12.1. The lowest BCUT2D eigenvalue weighted by molar-refractivity contribution is 0.0400. The topological polar surface area (TPSA) is 54.0 Å². The van der Waals surface area contributed by atoms with E-state index in [0.29, 0.717) is 56.7 Å². The Kier molecular flexibility index (Phi) is 8.42. The molecule has 112 valence electrons. The van der Waals surface area contributed by atoms with E-state index in [1.54, 1.807) is 18.2 Å². The first kappa shape index (κ1) is 16.5. The summed E-state index contributed by atoms with van der Waals surface area (Å²) >= 11 is 0. The largest absolute Gasteiger partial charge is 0.490 e. The summed E-state index contributed by atoms with van der Waals surface area (Å²) < 4.78 is 21.5. The molecule has 0 unspecified atom stereocenters. The molecule has 5 heteroatoms. The van der Waals surface area contributed by atoms with Crippen LogP contribution in [0.3, 0.4) is 0 Å². The van der Waals surface area contributed by atoms with Gasteiger partial charge in [0.2, 0.25) is 0 Å². The minimum Gasteiger partial charge on any atom is -0.490 e. The summed E-state index contributed by atoms with van der Waals surface area (Å²) in [7, 11) is 0. The zero-order valence-electron chi connectivity index (χ0n) is 12.1. The second kappa shape index (κ2) is 10.2. The van der Waals surface area contributed by atoms with Crippen LogP contribution < -0.4 is 9.47 Å². The van der Waals surface area contributed by atoms with Crippen molar-refractivity contribution < 1.29 is 23.7 Å². The van der Waals surface area contributed by atoms with Crippen molar-refractivity contribution in [2.45, 2.75) is 13.8 Å². The van der Waals surface area contributed by atoms with E-state index in [1.165, 1.54) is 0 Å². The Labute approximate surface area is 119 Å². The van der Waals surface area contributed by atoms with Crippen molar-refractivity contribution in [1.82, 2.24) is 0 Å². The highest BCUT2D eigenvalue weighted by Crippen LogP contribution is 2.30. The van der Waals surface area contributed by atoms with Gasteiger partial charge in [-0.25, -0.2) is 0 Å². The number of aldehydes is 1. The molecule has 0 fully saturated rings. The third-order valence-electron chi connectivity index (χ3n) is 2.49. The first-order valence-electron chi connectivity index (χ1n) is 6.82. The van der Waals surface area contributed by atoms with E-state index < -0.39 is 0 Å². The molecule has 0 saturated heterocycles. The molecule has 1 rings (SSSR count). The average molecular weight is 282 g/mol. The fourth-order valence-corrected chi connectivity index (χ4v) is 1.62. The van der Waals surface area contributed by atoms with Gasteiger partial charge in [0.15, 0.2) is 17.8 Å². The normalized spacial score (nSPS) is 10.3. The molecule has 1 aromatic rings. The predicted molar refractivity (Wildman–Crippen MR) is 75.8 cm³/mol. The van der Waals surface area contributed by atoms with Crippen LogP contribution in [0.2, 0.25) is 0 Å². The van der Waals surface area contributed by atoms with Gasteiger partial charge in [-0.2, -0.15) is 0 Å². The highest BCUT2D eigenvalue weighted by atomic mass is 16.6. The van der Waals surface area contributed by atoms with Crippen LogP contribution >= 0.6 is 0 Å². The van der Waals surface area contributed by atoms with Gasteiger partial charge in [-0.15, -0.1) is 0 Å². The van der Waals surface area contributed by atoms with Crippen molar-refractivity contribution in [2.75, 3.05) is 39.6 Å². The lowest BCUT2D eigenvalue weighted by Crippen LogP contribution is -2.12. The van der Waals surface area contributed by atoms with Crippen LogP contribution in [0.25, 0.3) is 0 Å². The summed E-state index contributed by atoms with van der Waals surface area (Å²) in [5.74, 6) is 1.05. The van der Waals surface area contributed by atoms with E-state index >= 15 is 0 Å². The molecule has 0 aromatic heterocycles. The van der Waals surface area contributed by atoms with Crippen molar-refractivity contribution in [3.05, 3.63) is 23.8 Å². The third-order valence-corrected chi connectivity index (χ3v) is 2.49. The van der Waals surface area contributed by atoms with Gasteiger partial charge in [-0.3, -0.25) is 4.79 Å². The lowest BCUT2D eigenvalue weighted by atomic mass is 10.2. The van der Waals surface area contributed by atoms with Crippen molar-refractivity contribution in [1.29, 1.82) is 0 Å². The number of carbonyl (C=O) groups is 1. The summed E-state index contributed by atoms with van der Waals surface area (Å²) in [5, 5.41) is 0. The Hall–Kier alpha value is -1.59. The van der Waals surface area contributed by atoms with Crippen LogP contribution in [0.5, 0.6) is 11.5 Å². The Morgan fingerprint density at radius 2 is 1.70 bits per heavy atom. The zero-order chi connectivity index (χ0) is 14.6. The summed E-state index contributed by atoms with van der Waals surface area (Å²) in [4.78, 5) is 11.0. The Morgan fingerprint density at radius 1 is 0.950 bits per heavy atom. The molecule has 0 spiro atoms. The minimum atomic E-state index is 0.358. The van der Waals surface area contributed by atoms with Crippen molar-refractivity contribution in [3.63, 3.8) is 0 Å². The molecule has 0 radical (unpaired) electrons. The molecular formula is C15H22O5. The van der Waals surface area contributed by atoms with Gasteiger partial charge >= 0.3 is 0 Å². The van der Waals surface area contributed by atoms with Crippen LogP contribution in [-0.2, 0) is 9.47 Å². The van der Waals surface area contributed by atoms with E-state index in [1.807, 2.05) is 13.8 Å². The van der Waals surface area contributed by atoms with Crippen LogP contribution in [0.15, 0.2) is 18.2 Å². The van der Waals surface area contributed by atoms with Gasteiger partial charge in [0, 0.05) is 6.61 Å². The van der Waals surface area contributed by atoms with Gasteiger partial charge in [0.05, 0.1) is 32.0 Å². The van der Waals surface area contributed by atoms with Crippen LogP contribution in [-0.4, -0.2) is 45.9 Å². The maximum Gasteiger partial charge on any atom is 0.171 e. The smallest absolute Gasteiger partial charge is 0.171 e. The third kappa shape index (κ3) is 5.59. The molecule has 0 atom stereocenters. The molecule has 1 aromatic carbocycles. The van der Waals surface area contributed by atoms with Crippen molar-refractivity contribution in [3.8, 4) is 11.5 Å². The second-order valence-electron chi connectivity index (χ2n) is 3.88. The summed E-state index contributed by atoms with van der Waals surface area (Å²) in [6.07, 6.45) is 0.758. The maximum atomic E-state index is 11.0. The fourth-order valence-electron chi connectivity index (χ4n) is 1.62. The van der Waals surface area contributed by atoms with E-state index in [4.69, 9.17) is 18.9 Å². The highest BCUT2D eigenvalue weighted by molar-refractivity contribution is 5.81. The number of para-hydroxylation sites is 1. The minimum absolute atomic E-state index is 0.358. The van der Waals surface area contributed by atoms with Gasteiger partial charge in [0.1, 0.15) is 6.61 Å². The molecule has 0 heterocycles. The molecule has 0 aliphatic carbocycles. The van der Waals surface area contributed by atoms with Gasteiger partial charge in [-0.05, 0) is 26.0 Å². The standard InChI is InChI=1S/C15H22O5/c1-3-17-8-9-18-10-11-20-15-13(12-16)6-5-7-14(15)19-4-2/h5-7,12H,3-4,8-11H2,1-2H3. The van der Waals surface area contributed by atoms with Crippen molar-refractivity contribution in [2.24, 2.45) is 0 Å². The number of ether oxygens (including phenoxy) is 4. The summed E-state index contributed by atoms with van der Waals surface area (Å²) in [5.41, 5.74) is 0.477. The Balaban J connectivity index is 2.43. The van der Waals surface area contributed by atoms with Crippen molar-refractivity contribution >= 4 is 6.29 Å². The lowest BCUT2D eigenvalue weighted by Gasteiger charge is -2.13. The molecule has 0 amide bonds. The second-order valence-corrected chi connectivity index (χ2v) is 3.88. The molecule has 5 nitrogen and oxygen atoms in total. The van der Waals surface area contributed by atoms with E-state index in [2.05, 4.69) is 0 Å². The maximum absolute atomic E-state index is 11.0. The Morgan fingerprint density at radius 3 is 2.40 bits per heavy atom. The quantitative estimate of drug-likeness (QED) is 0.460. The highest BCUT2D eigenvalue weighted by Gasteiger charge is 2.10. The molecule has 20 heavy (non-hydrogen) atoms. The Bertz CT molecular complexity index is 392. The average Bonchev–Trinajstić information content (AvgIpc) is 2.47. The molecule has 0 bridgehead atoms. The molecule has 0 aliphatic heterocycles. The van der Waals surface area contributed by atoms with Gasteiger partial charge < -0.3 is 18.9 Å². The summed E-state index contributed by atoms with van der Waals surface area (Å²) in [6, 6.07) is 5.24. The van der Waals surface area contributed by atoms with Crippen LogP contribution in [0.1, 0.15) is 24.2 Å². The number of rotatable bonds is 11. The number of carbonyl (C=O) groups excluding carboxylic acids is 1. The van der Waals surface area contributed by atoms with Crippen LogP contribution in [0.4, 0.5) is 0 Å². The van der Waals surface area contributed by atoms with Gasteiger partial charge in [-0.1, -0.05) is 6.07 Å². The van der Waals surface area contributed by atoms with E-state index in [-0.39, 0.29) is 0 Å². The fraction of sp³-hybridized carbons (Fsp3) is 0.533. The molecular weight excluding hydrogens is 260 g/mol. The molecule has 0 saturated carbocycles. The first-order chi connectivity index (χ1) is 9.83. The van der Waals surface area contributed by atoms with E-state index in [9.17, 15) is 4.79 Å². The number of hydrogen-bond donors (Lipinski definition) is 0. The number of benzene rings is 1. The van der Waals surface area contributed by atoms with E-state index in [0.717, 1.165) is 6.29 Å². The summed E-state index contributed by atoms with van der Waals surface area (Å²) in [6.45, 7) is 6.93. The molecule has 0 N–H and O–H groups in total. The van der Waals surface area contributed by atoms with Gasteiger partial charge in [0.25, 0.3) is 0 Å². The first-order valence-corrected chi connectivity index (χ1v) is 6.82. The monoisotopic (exact) mass is 282 g/mol. The number of hydrogen-bond acceptors (Lipinski definition) is 5. The molecule has 0 aliphatic rings. The SMILES string of the molecule is CCOCCOCCOc1c(C=O)cccc1OCC. The predicted octanol–water partition coefficient (Wildman–Crippen LogP) is 2.33. The van der Waals surface area contributed by atoms with Crippen LogP contribution in [0, 0.1) is 0 Å².